The van der Waals surface area contributed by atoms with Crippen molar-refractivity contribution in [2.45, 2.75) is 26.3 Å². The zero-order chi connectivity index (χ0) is 25.4. The summed E-state index contributed by atoms with van der Waals surface area (Å²) in [5.41, 5.74) is 2.29. The molecule has 0 radical (unpaired) electrons. The summed E-state index contributed by atoms with van der Waals surface area (Å²) in [5.74, 6) is 0.840. The van der Waals surface area contributed by atoms with E-state index >= 15 is 0 Å². The maximum atomic E-state index is 14.0. The van der Waals surface area contributed by atoms with E-state index in [1.54, 1.807) is 21.9 Å². The van der Waals surface area contributed by atoms with Gasteiger partial charge in [-0.15, -0.1) is 0 Å². The quantitative estimate of drug-likeness (QED) is 0.536. The number of nitriles is 1. The van der Waals surface area contributed by atoms with E-state index in [-0.39, 0.29) is 11.6 Å². The SMILES string of the molecule is Cc1nn(-c2cc(N3CCN(C(=O)N4N=CCC4c4cc(F)cc(C#N)c4)CC3)ncn2)c(C)c1Cl. The Labute approximate surface area is 212 Å². The van der Waals surface area contributed by atoms with Crippen LogP contribution in [0, 0.1) is 31.0 Å². The molecule has 12 heteroatoms. The highest BCUT2D eigenvalue weighted by molar-refractivity contribution is 6.31. The number of carbonyl (C=O) groups excluding carboxylic acids is 1. The number of amides is 2. The summed E-state index contributed by atoms with van der Waals surface area (Å²) in [7, 11) is 0. The summed E-state index contributed by atoms with van der Waals surface area (Å²) < 4.78 is 15.7. The number of anilines is 1. The molecule has 0 bridgehead atoms. The first-order valence-electron chi connectivity index (χ1n) is 11.5. The topological polar surface area (TPSA) is 107 Å². The van der Waals surface area contributed by atoms with E-state index in [1.807, 2.05) is 26.0 Å². The van der Waals surface area contributed by atoms with Gasteiger partial charge in [0.2, 0.25) is 0 Å². The lowest BCUT2D eigenvalue weighted by Crippen LogP contribution is -2.52. The van der Waals surface area contributed by atoms with E-state index in [0.717, 1.165) is 17.2 Å². The fraction of sp³-hybridized carbons (Fsp3) is 0.333. The lowest BCUT2D eigenvalue weighted by atomic mass is 10.0. The largest absolute Gasteiger partial charge is 0.353 e. The van der Waals surface area contributed by atoms with Crippen LogP contribution in [0.4, 0.5) is 15.0 Å². The van der Waals surface area contributed by atoms with E-state index in [4.69, 9.17) is 11.6 Å². The number of aromatic nitrogens is 4. The lowest BCUT2D eigenvalue weighted by Gasteiger charge is -2.37. The maximum Gasteiger partial charge on any atom is 0.341 e. The molecule has 0 aliphatic carbocycles. The van der Waals surface area contributed by atoms with Gasteiger partial charge < -0.3 is 9.80 Å². The minimum absolute atomic E-state index is 0.213. The smallest absolute Gasteiger partial charge is 0.341 e. The number of carbonyl (C=O) groups is 1. The van der Waals surface area contributed by atoms with E-state index in [1.165, 1.54) is 23.5 Å². The van der Waals surface area contributed by atoms with Crippen LogP contribution in [0.25, 0.3) is 5.82 Å². The van der Waals surface area contributed by atoms with Gasteiger partial charge in [0.05, 0.1) is 34.1 Å². The van der Waals surface area contributed by atoms with Gasteiger partial charge in [0, 0.05) is 44.9 Å². The molecule has 1 atom stereocenters. The highest BCUT2D eigenvalue weighted by Gasteiger charge is 2.33. The Morgan fingerprint density at radius 1 is 1.11 bits per heavy atom. The molecule has 4 heterocycles. The molecule has 1 unspecified atom stereocenters. The molecule has 2 amide bonds. The van der Waals surface area contributed by atoms with Crippen LogP contribution in [0.15, 0.2) is 35.7 Å². The third kappa shape index (κ3) is 4.35. The molecule has 3 aromatic rings. The highest BCUT2D eigenvalue weighted by atomic mass is 35.5. The Balaban J connectivity index is 1.27. The van der Waals surface area contributed by atoms with Crippen molar-refractivity contribution < 1.29 is 9.18 Å². The number of hydrogen-bond acceptors (Lipinski definition) is 7. The third-order valence-corrected chi connectivity index (χ3v) is 6.94. The molecule has 2 aliphatic rings. The first-order chi connectivity index (χ1) is 17.4. The monoisotopic (exact) mass is 507 g/mol. The number of urea groups is 1. The van der Waals surface area contributed by atoms with Crippen LogP contribution in [-0.4, -0.2) is 68.1 Å². The zero-order valence-corrected chi connectivity index (χ0v) is 20.5. The minimum Gasteiger partial charge on any atom is -0.353 e. The average Bonchev–Trinajstić information content (AvgIpc) is 3.49. The normalized spacial score (nSPS) is 17.5. The predicted molar refractivity (Wildman–Crippen MR) is 132 cm³/mol. The van der Waals surface area contributed by atoms with Gasteiger partial charge >= 0.3 is 6.03 Å². The molecule has 1 fully saturated rings. The number of hydrogen-bond donors (Lipinski definition) is 0. The Bertz CT molecular complexity index is 1390. The molecule has 184 valence electrons. The summed E-state index contributed by atoms with van der Waals surface area (Å²) in [6.45, 7) is 5.80. The van der Waals surface area contributed by atoms with Crippen molar-refractivity contribution in [3.63, 3.8) is 0 Å². The molecule has 36 heavy (non-hydrogen) atoms. The summed E-state index contributed by atoms with van der Waals surface area (Å²) in [5, 5.41) is 19.9. The molecule has 2 aliphatic heterocycles. The molecule has 0 spiro atoms. The Morgan fingerprint density at radius 3 is 2.56 bits per heavy atom. The number of hydrazone groups is 1. The van der Waals surface area contributed by atoms with Gasteiger partial charge in [-0.3, -0.25) is 0 Å². The number of aryl methyl sites for hydroxylation is 1. The highest BCUT2D eigenvalue weighted by Crippen LogP contribution is 2.31. The van der Waals surface area contributed by atoms with Crippen molar-refractivity contribution in [2.75, 3.05) is 31.1 Å². The predicted octanol–water partition coefficient (Wildman–Crippen LogP) is 3.62. The van der Waals surface area contributed by atoms with Crippen molar-refractivity contribution in [3.8, 4) is 11.9 Å². The maximum absolute atomic E-state index is 14.0. The number of piperazine rings is 1. The van der Waals surface area contributed by atoms with Crippen molar-refractivity contribution >= 4 is 29.7 Å². The second-order valence-corrected chi connectivity index (χ2v) is 9.04. The number of halogens is 2. The van der Waals surface area contributed by atoms with Crippen molar-refractivity contribution in [2.24, 2.45) is 5.10 Å². The summed E-state index contributed by atoms with van der Waals surface area (Å²) in [6.07, 6.45) is 3.59. The van der Waals surface area contributed by atoms with Crippen molar-refractivity contribution in [3.05, 3.63) is 63.9 Å². The minimum atomic E-state index is -0.510. The van der Waals surface area contributed by atoms with Crippen LogP contribution >= 0.6 is 11.6 Å². The summed E-state index contributed by atoms with van der Waals surface area (Å²) in [4.78, 5) is 25.8. The zero-order valence-electron chi connectivity index (χ0n) is 19.8. The van der Waals surface area contributed by atoms with Crippen LogP contribution < -0.4 is 4.90 Å². The van der Waals surface area contributed by atoms with E-state index in [9.17, 15) is 14.4 Å². The molecule has 5 rings (SSSR count). The van der Waals surface area contributed by atoms with Gasteiger partial charge in [0.25, 0.3) is 0 Å². The van der Waals surface area contributed by atoms with Crippen LogP contribution in [0.2, 0.25) is 5.02 Å². The lowest BCUT2D eigenvalue weighted by molar-refractivity contribution is 0.139. The van der Waals surface area contributed by atoms with Crippen LogP contribution in [0.1, 0.15) is 35.0 Å². The van der Waals surface area contributed by atoms with Gasteiger partial charge in [-0.2, -0.15) is 15.5 Å². The molecule has 0 N–H and O–H groups in total. The fourth-order valence-corrected chi connectivity index (χ4v) is 4.61. The molecule has 0 saturated carbocycles. The van der Waals surface area contributed by atoms with E-state index in [2.05, 4.69) is 25.1 Å². The van der Waals surface area contributed by atoms with Gasteiger partial charge in [-0.1, -0.05) is 11.6 Å². The van der Waals surface area contributed by atoms with E-state index < -0.39 is 11.9 Å². The van der Waals surface area contributed by atoms with E-state index in [0.29, 0.717) is 49.0 Å². The summed E-state index contributed by atoms with van der Waals surface area (Å²) in [6, 6.07) is 7.23. The fourth-order valence-electron chi connectivity index (χ4n) is 4.49. The molecule has 1 saturated heterocycles. The molecule has 10 nitrogen and oxygen atoms in total. The first kappa shape index (κ1) is 23.7. The number of benzene rings is 1. The Hall–Kier alpha value is -4.04. The van der Waals surface area contributed by atoms with Gasteiger partial charge in [-0.25, -0.2) is 28.8 Å². The average molecular weight is 508 g/mol. The third-order valence-electron chi connectivity index (χ3n) is 6.39. The van der Waals surface area contributed by atoms with Gasteiger partial charge in [0.15, 0.2) is 5.82 Å². The second kappa shape index (κ2) is 9.54. The van der Waals surface area contributed by atoms with Crippen LogP contribution in [0.3, 0.4) is 0 Å². The Kier molecular flexibility index (Phi) is 6.28. The number of rotatable bonds is 3. The molecular formula is C24H23ClFN9O. The van der Waals surface area contributed by atoms with Gasteiger partial charge in [-0.05, 0) is 37.6 Å². The second-order valence-electron chi connectivity index (χ2n) is 8.67. The van der Waals surface area contributed by atoms with Crippen LogP contribution in [0.5, 0.6) is 0 Å². The first-order valence-corrected chi connectivity index (χ1v) is 11.8. The van der Waals surface area contributed by atoms with Crippen molar-refractivity contribution in [1.29, 1.82) is 5.26 Å². The summed E-state index contributed by atoms with van der Waals surface area (Å²) >= 11 is 6.29. The molecule has 2 aromatic heterocycles. The molecule has 1 aromatic carbocycles. The number of nitrogens with zero attached hydrogens (tertiary/aromatic N) is 9. The molecular weight excluding hydrogens is 485 g/mol. The standard InChI is InChI=1S/C24H23ClFN9O/c1-15-23(25)16(2)34(31-15)22-12-21(28-14-29-22)32-5-7-33(8-6-32)24(36)35-20(3-4-30-35)18-9-17(13-27)10-19(26)11-18/h4,9-12,14,20H,3,5-8H2,1-2H3. The van der Waals surface area contributed by atoms with Crippen molar-refractivity contribution in [1.82, 2.24) is 29.7 Å². The van der Waals surface area contributed by atoms with Crippen LogP contribution in [-0.2, 0) is 0 Å². The Morgan fingerprint density at radius 2 is 1.86 bits per heavy atom. The van der Waals surface area contributed by atoms with Gasteiger partial charge in [0.1, 0.15) is 18.0 Å².